The first kappa shape index (κ1) is 21.9. The molecule has 1 aliphatic rings. The van der Waals surface area contributed by atoms with E-state index in [-0.39, 0.29) is 11.7 Å². The number of nitro benzene ring substituents is 1. The average Bonchev–Trinajstić information content (AvgIpc) is 2.70. The van der Waals surface area contributed by atoms with Crippen LogP contribution in [0.1, 0.15) is 39.4 Å². The maximum absolute atomic E-state index is 13.4. The van der Waals surface area contributed by atoms with Gasteiger partial charge in [-0.05, 0) is 24.6 Å². The molecular formula is C19H29NO5SSi. The number of hydrogen-bond donors (Lipinski definition) is 0. The van der Waals surface area contributed by atoms with Crippen molar-refractivity contribution < 1.29 is 19.2 Å². The van der Waals surface area contributed by atoms with Crippen molar-refractivity contribution in [3.05, 3.63) is 39.9 Å². The normalized spacial score (nSPS) is 23.0. The second-order valence-electron chi connectivity index (χ2n) is 6.75. The Kier molecular flexibility index (Phi) is 7.47. The first-order valence-corrected chi connectivity index (χ1v) is 13.2. The van der Waals surface area contributed by atoms with Crippen LogP contribution in [0.15, 0.2) is 24.3 Å². The van der Waals surface area contributed by atoms with Crippen molar-refractivity contribution >= 4 is 31.5 Å². The van der Waals surface area contributed by atoms with Crippen LogP contribution in [0.2, 0.25) is 18.1 Å². The standard InChI is InChI=1S/C19H29NO5SSi/c1-5-24-18(21)19(27(6-2,7-3)8-4)17(25-13-14-26-19)15-9-11-16(12-10-15)20(22)23/h9-12,17H,5-8,13-14H2,1-4H3/t17-,19+/m1/s1. The number of nitrogens with zero attached hydrogens (tertiary/aromatic N) is 1. The SMILES string of the molecule is CCOC(=O)[C@]1([Si](CC)(CC)CC)SCCO[C@@H]1c1ccc([N+](=O)[O-])cc1. The number of esters is 1. The van der Waals surface area contributed by atoms with Gasteiger partial charge in [0.05, 0.1) is 26.2 Å². The molecule has 0 unspecified atom stereocenters. The molecule has 1 aliphatic heterocycles. The second kappa shape index (κ2) is 9.21. The smallest absolute Gasteiger partial charge is 0.322 e. The summed E-state index contributed by atoms with van der Waals surface area (Å²) in [6.45, 7) is 9.21. The Bertz CT molecular complexity index is 656. The van der Waals surface area contributed by atoms with Gasteiger partial charge in [0.25, 0.3) is 5.69 Å². The van der Waals surface area contributed by atoms with Crippen LogP contribution in [0.3, 0.4) is 0 Å². The molecular weight excluding hydrogens is 382 g/mol. The molecule has 8 heteroatoms. The minimum absolute atomic E-state index is 0.0360. The number of carbonyl (C=O) groups excluding carboxylic acids is 1. The van der Waals surface area contributed by atoms with Gasteiger partial charge in [-0.1, -0.05) is 38.9 Å². The lowest BCUT2D eigenvalue weighted by Gasteiger charge is -2.52. The van der Waals surface area contributed by atoms with Gasteiger partial charge in [-0.3, -0.25) is 14.9 Å². The van der Waals surface area contributed by atoms with Gasteiger partial charge in [0.1, 0.15) is 10.5 Å². The van der Waals surface area contributed by atoms with E-state index < -0.39 is 23.5 Å². The van der Waals surface area contributed by atoms with Crippen LogP contribution in [0.25, 0.3) is 0 Å². The Labute approximate surface area is 166 Å². The average molecular weight is 412 g/mol. The lowest BCUT2D eigenvalue weighted by atomic mass is 10.0. The largest absolute Gasteiger partial charge is 0.465 e. The van der Waals surface area contributed by atoms with Gasteiger partial charge in [-0.2, -0.15) is 0 Å². The van der Waals surface area contributed by atoms with E-state index in [0.717, 1.165) is 29.4 Å². The van der Waals surface area contributed by atoms with Crippen LogP contribution in [-0.2, 0) is 14.3 Å². The first-order valence-electron chi connectivity index (χ1n) is 9.59. The third-order valence-electron chi connectivity index (χ3n) is 5.87. The minimum Gasteiger partial charge on any atom is -0.465 e. The topological polar surface area (TPSA) is 78.7 Å². The van der Waals surface area contributed by atoms with Gasteiger partial charge in [0.2, 0.25) is 0 Å². The van der Waals surface area contributed by atoms with Gasteiger partial charge in [-0.25, -0.2) is 0 Å². The lowest BCUT2D eigenvalue weighted by molar-refractivity contribution is -0.384. The van der Waals surface area contributed by atoms with Gasteiger partial charge in [0, 0.05) is 17.9 Å². The zero-order chi connectivity index (χ0) is 20.1. The molecule has 0 N–H and O–H groups in total. The lowest BCUT2D eigenvalue weighted by Crippen LogP contribution is -2.65. The van der Waals surface area contributed by atoms with Crippen molar-refractivity contribution in [2.45, 2.75) is 56.3 Å². The van der Waals surface area contributed by atoms with E-state index in [9.17, 15) is 14.9 Å². The summed E-state index contributed by atoms with van der Waals surface area (Å²) in [4.78, 5) is 24.0. The number of nitro groups is 1. The van der Waals surface area contributed by atoms with Crippen LogP contribution >= 0.6 is 11.8 Å². The highest BCUT2D eigenvalue weighted by atomic mass is 32.2. The van der Waals surface area contributed by atoms with Crippen molar-refractivity contribution in [1.29, 1.82) is 0 Å². The molecule has 0 bridgehead atoms. The summed E-state index contributed by atoms with van der Waals surface area (Å²) in [5, 5.41) is 11.0. The summed E-state index contributed by atoms with van der Waals surface area (Å²) in [5.74, 6) is 0.562. The number of hydrogen-bond acceptors (Lipinski definition) is 6. The molecule has 1 aromatic rings. The maximum Gasteiger partial charge on any atom is 0.322 e. The third kappa shape index (κ3) is 3.79. The van der Waals surface area contributed by atoms with E-state index in [4.69, 9.17) is 9.47 Å². The number of carbonyl (C=O) groups is 1. The summed E-state index contributed by atoms with van der Waals surface area (Å²) in [6.07, 6.45) is -0.442. The van der Waals surface area contributed by atoms with Gasteiger partial charge >= 0.3 is 5.97 Å². The molecule has 2 atom stereocenters. The molecule has 1 fully saturated rings. The van der Waals surface area contributed by atoms with Crippen LogP contribution in [-0.4, -0.2) is 42.3 Å². The van der Waals surface area contributed by atoms with Crippen molar-refractivity contribution in [2.75, 3.05) is 19.0 Å². The highest BCUT2D eigenvalue weighted by Gasteiger charge is 2.63. The van der Waals surface area contributed by atoms with Crippen LogP contribution in [0.4, 0.5) is 5.69 Å². The molecule has 0 aromatic heterocycles. The number of ether oxygens (including phenoxy) is 2. The van der Waals surface area contributed by atoms with Crippen molar-refractivity contribution in [1.82, 2.24) is 0 Å². The van der Waals surface area contributed by atoms with Crippen LogP contribution in [0, 0.1) is 10.1 Å². The zero-order valence-corrected chi connectivity index (χ0v) is 18.3. The van der Waals surface area contributed by atoms with E-state index in [2.05, 4.69) is 20.8 Å². The molecule has 0 saturated carbocycles. The summed E-state index contributed by atoms with van der Waals surface area (Å²) in [5.41, 5.74) is 0.849. The quantitative estimate of drug-likeness (QED) is 0.266. The zero-order valence-electron chi connectivity index (χ0n) is 16.5. The monoisotopic (exact) mass is 411 g/mol. The number of thioether (sulfide) groups is 1. The molecule has 1 heterocycles. The molecule has 2 rings (SSSR count). The predicted octanol–water partition coefficient (Wildman–Crippen LogP) is 4.75. The van der Waals surface area contributed by atoms with Gasteiger partial charge in [0.15, 0.2) is 0 Å². The van der Waals surface area contributed by atoms with Crippen molar-refractivity contribution in [3.8, 4) is 0 Å². The number of non-ortho nitro benzene ring substituents is 1. The molecule has 27 heavy (non-hydrogen) atoms. The van der Waals surface area contributed by atoms with Crippen molar-refractivity contribution in [2.24, 2.45) is 0 Å². The number of rotatable bonds is 8. The molecule has 1 aromatic carbocycles. The number of benzene rings is 1. The Morgan fingerprint density at radius 1 is 1.26 bits per heavy atom. The Morgan fingerprint density at radius 2 is 1.85 bits per heavy atom. The fraction of sp³-hybridized carbons (Fsp3) is 0.632. The van der Waals surface area contributed by atoms with E-state index >= 15 is 0 Å². The predicted molar refractivity (Wildman–Crippen MR) is 111 cm³/mol. The molecule has 0 amide bonds. The molecule has 1 saturated heterocycles. The van der Waals surface area contributed by atoms with E-state index in [0.29, 0.717) is 13.2 Å². The molecule has 0 aliphatic carbocycles. The third-order valence-corrected chi connectivity index (χ3v) is 14.9. The highest BCUT2D eigenvalue weighted by Crippen LogP contribution is 2.54. The maximum atomic E-state index is 13.4. The fourth-order valence-corrected chi connectivity index (χ4v) is 12.5. The second-order valence-corrected chi connectivity index (χ2v) is 13.9. The van der Waals surface area contributed by atoms with Crippen molar-refractivity contribution in [3.63, 3.8) is 0 Å². The van der Waals surface area contributed by atoms with E-state index in [1.54, 1.807) is 23.9 Å². The molecule has 0 radical (unpaired) electrons. The summed E-state index contributed by atoms with van der Waals surface area (Å²) < 4.78 is 11.1. The molecule has 0 spiro atoms. The summed E-state index contributed by atoms with van der Waals surface area (Å²) in [7, 11) is -2.12. The molecule has 150 valence electrons. The van der Waals surface area contributed by atoms with E-state index in [1.165, 1.54) is 12.1 Å². The summed E-state index contributed by atoms with van der Waals surface area (Å²) in [6, 6.07) is 9.30. The van der Waals surface area contributed by atoms with Gasteiger partial charge < -0.3 is 9.47 Å². The van der Waals surface area contributed by atoms with Crippen LogP contribution < -0.4 is 0 Å². The van der Waals surface area contributed by atoms with Crippen LogP contribution in [0.5, 0.6) is 0 Å². The summed E-state index contributed by atoms with van der Waals surface area (Å²) >= 11 is 1.68. The minimum atomic E-state index is -2.12. The fourth-order valence-electron chi connectivity index (χ4n) is 4.25. The Hall–Kier alpha value is -1.38. The first-order chi connectivity index (χ1) is 12.9. The Morgan fingerprint density at radius 3 is 2.33 bits per heavy atom. The van der Waals surface area contributed by atoms with Gasteiger partial charge in [-0.15, -0.1) is 11.8 Å². The Balaban J connectivity index is 2.63. The van der Waals surface area contributed by atoms with E-state index in [1.807, 2.05) is 6.92 Å². The molecule has 6 nitrogen and oxygen atoms in total. The highest BCUT2D eigenvalue weighted by molar-refractivity contribution is 8.03.